The Morgan fingerprint density at radius 3 is 3.00 bits per heavy atom. The Morgan fingerprint density at radius 2 is 2.15 bits per heavy atom. The maximum atomic E-state index is 5.50. The molecule has 13 heavy (non-hydrogen) atoms. The second kappa shape index (κ2) is 3.47. The van der Waals surface area contributed by atoms with E-state index in [1.54, 1.807) is 0 Å². The van der Waals surface area contributed by atoms with Gasteiger partial charge in [0.25, 0.3) is 0 Å². The Labute approximate surface area is 77.0 Å². The van der Waals surface area contributed by atoms with Crippen LogP contribution in [0, 0.1) is 0 Å². The molecule has 0 aromatic heterocycles. The Morgan fingerprint density at radius 1 is 1.31 bits per heavy atom. The topological polar surface area (TPSA) is 30.8 Å². The third-order valence-electron chi connectivity index (χ3n) is 2.00. The van der Waals surface area contributed by atoms with Gasteiger partial charge in [-0.3, -0.25) is 0 Å². The zero-order chi connectivity index (χ0) is 9.10. The summed E-state index contributed by atoms with van der Waals surface area (Å²) in [6.07, 6.45) is 1.78. The van der Waals surface area contributed by atoms with Gasteiger partial charge in [0.05, 0.1) is 0 Å². The first kappa shape index (κ1) is 8.10. The van der Waals surface area contributed by atoms with Crippen LogP contribution in [-0.4, -0.2) is 13.0 Å². The lowest BCUT2D eigenvalue weighted by atomic mass is 10.1. The van der Waals surface area contributed by atoms with Crippen LogP contribution in [0.5, 0.6) is 5.75 Å². The number of oxime groups is 1. The fraction of sp³-hybridized carbons (Fsp3) is 0.300. The average Bonchev–Trinajstić information content (AvgIpc) is 2.18. The smallest absolute Gasteiger partial charge is 0.231 e. The van der Waals surface area contributed by atoms with Gasteiger partial charge in [-0.1, -0.05) is 23.4 Å². The minimum atomic E-state index is 0.654. The van der Waals surface area contributed by atoms with E-state index in [1.165, 1.54) is 12.7 Å². The van der Waals surface area contributed by atoms with Crippen LogP contribution >= 0.6 is 0 Å². The van der Waals surface area contributed by atoms with Gasteiger partial charge in [-0.2, -0.15) is 0 Å². The number of para-hydroxylation sites is 1. The minimum Gasteiger partial charge on any atom is -0.439 e. The zero-order valence-corrected chi connectivity index (χ0v) is 7.49. The van der Waals surface area contributed by atoms with Gasteiger partial charge in [0, 0.05) is 6.42 Å². The Hall–Kier alpha value is -1.51. The van der Waals surface area contributed by atoms with Gasteiger partial charge < -0.3 is 9.57 Å². The molecule has 0 bridgehead atoms. The minimum absolute atomic E-state index is 0.654. The lowest BCUT2D eigenvalue weighted by molar-refractivity contribution is 0.203. The van der Waals surface area contributed by atoms with Crippen LogP contribution in [0.4, 0.5) is 0 Å². The van der Waals surface area contributed by atoms with Crippen molar-refractivity contribution in [2.24, 2.45) is 5.16 Å². The number of nitrogens with zero attached hydrogens (tertiary/aromatic N) is 1. The van der Waals surface area contributed by atoms with Gasteiger partial charge in [-0.05, 0) is 18.1 Å². The Balaban J connectivity index is 2.24. The summed E-state index contributed by atoms with van der Waals surface area (Å²) < 4.78 is 5.50. The van der Waals surface area contributed by atoms with Crippen LogP contribution in [0.25, 0.3) is 0 Å². The van der Waals surface area contributed by atoms with E-state index in [1.807, 2.05) is 18.2 Å². The van der Waals surface area contributed by atoms with Gasteiger partial charge in [-0.25, -0.2) is 0 Å². The van der Waals surface area contributed by atoms with E-state index < -0.39 is 0 Å². The molecule has 1 aromatic carbocycles. The van der Waals surface area contributed by atoms with Crippen molar-refractivity contribution in [1.82, 2.24) is 0 Å². The standard InChI is InChI=1S/C10H11NO2/c1-12-11-10-7-6-8-4-2-3-5-9(8)13-10/h2-5H,6-7H2,1H3. The van der Waals surface area contributed by atoms with Crippen LogP contribution in [-0.2, 0) is 11.3 Å². The lowest BCUT2D eigenvalue weighted by Gasteiger charge is -2.16. The van der Waals surface area contributed by atoms with E-state index in [2.05, 4.69) is 16.1 Å². The van der Waals surface area contributed by atoms with Gasteiger partial charge in [0.15, 0.2) is 0 Å². The van der Waals surface area contributed by atoms with Crippen molar-refractivity contribution >= 4 is 5.90 Å². The van der Waals surface area contributed by atoms with Crippen LogP contribution in [0.3, 0.4) is 0 Å². The summed E-state index contributed by atoms with van der Waals surface area (Å²) in [5.41, 5.74) is 1.23. The number of benzene rings is 1. The third-order valence-corrected chi connectivity index (χ3v) is 2.00. The van der Waals surface area contributed by atoms with Gasteiger partial charge in [0.2, 0.25) is 5.90 Å². The van der Waals surface area contributed by atoms with Crippen molar-refractivity contribution in [3.05, 3.63) is 29.8 Å². The second-order valence-corrected chi connectivity index (χ2v) is 2.88. The van der Waals surface area contributed by atoms with Crippen LogP contribution in [0.2, 0.25) is 0 Å². The predicted octanol–water partition coefficient (Wildman–Crippen LogP) is 1.97. The first-order chi connectivity index (χ1) is 6.40. The fourth-order valence-electron chi connectivity index (χ4n) is 1.40. The normalized spacial score (nSPS) is 17.8. The monoisotopic (exact) mass is 177 g/mol. The number of rotatable bonds is 1. The predicted molar refractivity (Wildman–Crippen MR) is 49.8 cm³/mol. The van der Waals surface area contributed by atoms with Crippen molar-refractivity contribution in [3.8, 4) is 5.75 Å². The van der Waals surface area contributed by atoms with E-state index in [0.29, 0.717) is 5.90 Å². The molecule has 1 heterocycles. The van der Waals surface area contributed by atoms with Crippen molar-refractivity contribution in [2.75, 3.05) is 7.11 Å². The van der Waals surface area contributed by atoms with Crippen LogP contribution < -0.4 is 4.74 Å². The molecule has 1 aliphatic heterocycles. The summed E-state index contributed by atoms with van der Waals surface area (Å²) in [7, 11) is 1.52. The van der Waals surface area contributed by atoms with Gasteiger partial charge in [-0.15, -0.1) is 0 Å². The second-order valence-electron chi connectivity index (χ2n) is 2.88. The van der Waals surface area contributed by atoms with E-state index in [-0.39, 0.29) is 0 Å². The van der Waals surface area contributed by atoms with Crippen LogP contribution in [0.1, 0.15) is 12.0 Å². The molecule has 2 rings (SSSR count). The number of ether oxygens (including phenoxy) is 1. The van der Waals surface area contributed by atoms with Crippen molar-refractivity contribution in [3.63, 3.8) is 0 Å². The fourth-order valence-corrected chi connectivity index (χ4v) is 1.40. The third kappa shape index (κ3) is 1.64. The van der Waals surface area contributed by atoms with E-state index in [0.717, 1.165) is 18.6 Å². The molecule has 1 aromatic rings. The van der Waals surface area contributed by atoms with Crippen LogP contribution in [0.15, 0.2) is 29.4 Å². The number of hydrogen-bond donors (Lipinski definition) is 0. The molecular weight excluding hydrogens is 166 g/mol. The average molecular weight is 177 g/mol. The summed E-state index contributed by atoms with van der Waals surface area (Å²) in [4.78, 5) is 4.66. The summed E-state index contributed by atoms with van der Waals surface area (Å²) in [6.45, 7) is 0. The summed E-state index contributed by atoms with van der Waals surface area (Å²) in [5, 5.41) is 3.78. The molecule has 68 valence electrons. The molecule has 3 nitrogen and oxygen atoms in total. The Bertz CT molecular complexity index is 333. The molecule has 0 N–H and O–H groups in total. The molecule has 3 heteroatoms. The van der Waals surface area contributed by atoms with Crippen molar-refractivity contribution in [1.29, 1.82) is 0 Å². The summed E-state index contributed by atoms with van der Waals surface area (Å²) >= 11 is 0. The van der Waals surface area contributed by atoms with Gasteiger partial charge in [0.1, 0.15) is 12.9 Å². The molecule has 0 saturated carbocycles. The number of fused-ring (bicyclic) bond motifs is 1. The molecular formula is C10H11NO2. The maximum absolute atomic E-state index is 5.50. The van der Waals surface area contributed by atoms with E-state index in [4.69, 9.17) is 4.74 Å². The molecule has 0 fully saturated rings. The molecule has 0 saturated heterocycles. The largest absolute Gasteiger partial charge is 0.439 e. The van der Waals surface area contributed by atoms with Gasteiger partial charge >= 0.3 is 0 Å². The molecule has 0 amide bonds. The van der Waals surface area contributed by atoms with E-state index >= 15 is 0 Å². The zero-order valence-electron chi connectivity index (χ0n) is 7.49. The highest BCUT2D eigenvalue weighted by Crippen LogP contribution is 2.24. The van der Waals surface area contributed by atoms with Crippen molar-refractivity contribution < 1.29 is 9.57 Å². The molecule has 1 aliphatic rings. The highest BCUT2D eigenvalue weighted by Gasteiger charge is 2.14. The first-order valence-electron chi connectivity index (χ1n) is 4.26. The molecule has 0 radical (unpaired) electrons. The molecule has 0 spiro atoms. The lowest BCUT2D eigenvalue weighted by Crippen LogP contribution is -2.16. The Kier molecular flexibility index (Phi) is 2.17. The molecule has 0 aliphatic carbocycles. The molecule has 0 atom stereocenters. The molecule has 0 unspecified atom stereocenters. The summed E-state index contributed by atoms with van der Waals surface area (Å²) in [5.74, 6) is 1.55. The van der Waals surface area contributed by atoms with Crippen molar-refractivity contribution in [2.45, 2.75) is 12.8 Å². The van der Waals surface area contributed by atoms with E-state index in [9.17, 15) is 0 Å². The highest BCUT2D eigenvalue weighted by molar-refractivity contribution is 5.80. The first-order valence-corrected chi connectivity index (χ1v) is 4.26. The number of aryl methyl sites for hydroxylation is 1. The maximum Gasteiger partial charge on any atom is 0.231 e. The highest BCUT2D eigenvalue weighted by atomic mass is 16.6. The summed E-state index contributed by atoms with van der Waals surface area (Å²) in [6, 6.07) is 7.98. The number of hydrogen-bond acceptors (Lipinski definition) is 3. The quantitative estimate of drug-likeness (QED) is 0.614. The SMILES string of the molecule is CON=C1CCc2ccccc2O1.